The number of benzene rings is 1. The number of rotatable bonds is 8. The van der Waals surface area contributed by atoms with Crippen LogP contribution in [0.2, 0.25) is 0 Å². The molecule has 0 unspecified atom stereocenters. The zero-order valence-corrected chi connectivity index (χ0v) is 19.4. The second-order valence-corrected chi connectivity index (χ2v) is 9.63. The molecule has 5 nitrogen and oxygen atoms in total. The summed E-state index contributed by atoms with van der Waals surface area (Å²) in [5, 5.41) is 10.2. The number of nitrogens with zero attached hydrogens (tertiary/aromatic N) is 4. The molecule has 2 aromatic rings. The number of allylic oxidation sites excluding steroid dienone is 1. The standard InChI is InChI=1S/C24H33FN4OS/c1-3-18(2)15-28-12-10-20(11-13-28)23-26-27-24(29(23)16-22-5-4-14-30-22)31-17-19-6-8-21(25)9-7-19/h3,6-9,20,22H,4-5,10-17H2,1-2H3/b18-3+/t22-/m1/s1. The zero-order chi connectivity index (χ0) is 21.6. The number of likely N-dealkylation sites (tertiary alicyclic amines) is 1. The molecule has 0 spiro atoms. The first-order chi connectivity index (χ1) is 15.1. The molecular formula is C24H33FN4OS. The van der Waals surface area contributed by atoms with E-state index in [1.165, 1.54) is 17.7 Å². The second-order valence-electron chi connectivity index (χ2n) is 8.69. The van der Waals surface area contributed by atoms with Crippen molar-refractivity contribution in [3.05, 3.63) is 53.1 Å². The van der Waals surface area contributed by atoms with E-state index in [4.69, 9.17) is 4.74 Å². The molecule has 1 aromatic heterocycles. The molecule has 0 aliphatic carbocycles. The Kier molecular flexibility index (Phi) is 7.80. The largest absolute Gasteiger partial charge is 0.376 e. The molecule has 3 heterocycles. The summed E-state index contributed by atoms with van der Waals surface area (Å²) in [6, 6.07) is 6.71. The third-order valence-electron chi connectivity index (χ3n) is 6.36. The molecule has 4 rings (SSSR count). The van der Waals surface area contributed by atoms with E-state index >= 15 is 0 Å². The Balaban J connectivity index is 1.45. The molecule has 1 atom stereocenters. The van der Waals surface area contributed by atoms with Crippen LogP contribution in [0.1, 0.15) is 56.8 Å². The van der Waals surface area contributed by atoms with Gasteiger partial charge in [0.15, 0.2) is 5.16 Å². The topological polar surface area (TPSA) is 43.2 Å². The summed E-state index contributed by atoms with van der Waals surface area (Å²) in [4.78, 5) is 2.54. The molecule has 2 saturated heterocycles. The first-order valence-corrected chi connectivity index (χ1v) is 12.4. The highest BCUT2D eigenvalue weighted by atomic mass is 32.2. The van der Waals surface area contributed by atoms with Crippen LogP contribution >= 0.6 is 11.8 Å². The lowest BCUT2D eigenvalue weighted by Crippen LogP contribution is -2.35. The fraction of sp³-hybridized carbons (Fsp3) is 0.583. The Morgan fingerprint density at radius 3 is 2.65 bits per heavy atom. The van der Waals surface area contributed by atoms with Crippen molar-refractivity contribution >= 4 is 11.8 Å². The van der Waals surface area contributed by atoms with Crippen molar-refractivity contribution in [3.8, 4) is 0 Å². The average molecular weight is 445 g/mol. The van der Waals surface area contributed by atoms with Gasteiger partial charge in [-0.3, -0.25) is 4.90 Å². The minimum atomic E-state index is -0.200. The third-order valence-corrected chi connectivity index (χ3v) is 7.39. The van der Waals surface area contributed by atoms with Gasteiger partial charge in [0.25, 0.3) is 0 Å². The van der Waals surface area contributed by atoms with Gasteiger partial charge >= 0.3 is 0 Å². The van der Waals surface area contributed by atoms with Crippen molar-refractivity contribution in [1.29, 1.82) is 0 Å². The van der Waals surface area contributed by atoms with E-state index in [1.54, 1.807) is 11.8 Å². The van der Waals surface area contributed by atoms with E-state index in [1.807, 2.05) is 12.1 Å². The van der Waals surface area contributed by atoms with Crippen molar-refractivity contribution in [3.63, 3.8) is 0 Å². The number of hydrogen-bond donors (Lipinski definition) is 0. The molecule has 31 heavy (non-hydrogen) atoms. The smallest absolute Gasteiger partial charge is 0.191 e. The number of ether oxygens (including phenoxy) is 1. The summed E-state index contributed by atoms with van der Waals surface area (Å²) in [5.41, 5.74) is 2.52. The van der Waals surface area contributed by atoms with Crippen LogP contribution in [0, 0.1) is 5.82 Å². The molecule has 0 N–H and O–H groups in total. The molecule has 0 radical (unpaired) electrons. The van der Waals surface area contributed by atoms with Gasteiger partial charge in [-0.05, 0) is 70.3 Å². The summed E-state index contributed by atoms with van der Waals surface area (Å²) in [5.74, 6) is 2.11. The number of thioether (sulfide) groups is 1. The molecule has 1 aromatic carbocycles. The van der Waals surface area contributed by atoms with Gasteiger partial charge in [-0.1, -0.05) is 35.5 Å². The van der Waals surface area contributed by atoms with Crippen LogP contribution < -0.4 is 0 Å². The van der Waals surface area contributed by atoms with Gasteiger partial charge in [-0.2, -0.15) is 0 Å². The molecule has 168 valence electrons. The molecule has 2 aliphatic rings. The van der Waals surface area contributed by atoms with E-state index in [0.29, 0.717) is 5.92 Å². The van der Waals surface area contributed by atoms with Gasteiger partial charge in [0, 0.05) is 24.8 Å². The van der Waals surface area contributed by atoms with Crippen molar-refractivity contribution in [2.45, 2.75) is 69.0 Å². The minimum Gasteiger partial charge on any atom is -0.376 e. The lowest BCUT2D eigenvalue weighted by molar-refractivity contribution is 0.0932. The number of piperidine rings is 1. The van der Waals surface area contributed by atoms with E-state index in [2.05, 4.69) is 39.6 Å². The maximum absolute atomic E-state index is 13.2. The normalized spacial score (nSPS) is 21.1. The van der Waals surface area contributed by atoms with Crippen molar-refractivity contribution in [2.75, 3.05) is 26.2 Å². The van der Waals surface area contributed by atoms with Crippen molar-refractivity contribution in [2.24, 2.45) is 0 Å². The van der Waals surface area contributed by atoms with E-state index in [9.17, 15) is 4.39 Å². The molecular weight excluding hydrogens is 411 g/mol. The highest BCUT2D eigenvalue weighted by Crippen LogP contribution is 2.32. The highest BCUT2D eigenvalue weighted by Gasteiger charge is 2.28. The quantitative estimate of drug-likeness (QED) is 0.422. The van der Waals surface area contributed by atoms with E-state index in [0.717, 1.165) is 80.8 Å². The third kappa shape index (κ3) is 5.96. The van der Waals surface area contributed by atoms with Crippen LogP contribution in [0.25, 0.3) is 0 Å². The van der Waals surface area contributed by atoms with Gasteiger partial charge in [-0.25, -0.2) is 4.39 Å². The predicted octanol–water partition coefficient (Wildman–Crippen LogP) is 5.03. The molecule has 0 bridgehead atoms. The number of aromatic nitrogens is 3. The Hall–Kier alpha value is -1.70. The summed E-state index contributed by atoms with van der Waals surface area (Å²) in [6.45, 7) is 9.25. The molecule has 2 aliphatic heterocycles. The first kappa shape index (κ1) is 22.5. The molecule has 2 fully saturated rings. The van der Waals surface area contributed by atoms with E-state index < -0.39 is 0 Å². The Labute approximate surface area is 189 Å². The van der Waals surface area contributed by atoms with Gasteiger partial charge in [0.2, 0.25) is 0 Å². The van der Waals surface area contributed by atoms with Crippen LogP contribution in [-0.4, -0.2) is 52.0 Å². The van der Waals surface area contributed by atoms with Crippen molar-refractivity contribution in [1.82, 2.24) is 19.7 Å². The summed E-state index contributed by atoms with van der Waals surface area (Å²) >= 11 is 1.68. The molecule has 0 amide bonds. The van der Waals surface area contributed by atoms with Gasteiger partial charge in [-0.15, -0.1) is 10.2 Å². The fourth-order valence-electron chi connectivity index (χ4n) is 4.39. The molecule has 0 saturated carbocycles. The lowest BCUT2D eigenvalue weighted by atomic mass is 9.95. The first-order valence-electron chi connectivity index (χ1n) is 11.4. The highest BCUT2D eigenvalue weighted by molar-refractivity contribution is 7.98. The van der Waals surface area contributed by atoms with Gasteiger partial charge < -0.3 is 9.30 Å². The van der Waals surface area contributed by atoms with Crippen LogP contribution in [0.15, 0.2) is 41.1 Å². The summed E-state index contributed by atoms with van der Waals surface area (Å²) < 4.78 is 21.5. The Morgan fingerprint density at radius 2 is 1.97 bits per heavy atom. The number of hydrogen-bond acceptors (Lipinski definition) is 5. The van der Waals surface area contributed by atoms with Crippen molar-refractivity contribution < 1.29 is 9.13 Å². The monoisotopic (exact) mass is 444 g/mol. The van der Waals surface area contributed by atoms with Crippen LogP contribution in [0.5, 0.6) is 0 Å². The van der Waals surface area contributed by atoms with Crippen LogP contribution in [0.4, 0.5) is 4.39 Å². The summed E-state index contributed by atoms with van der Waals surface area (Å²) in [7, 11) is 0. The van der Waals surface area contributed by atoms with Gasteiger partial charge in [0.1, 0.15) is 11.6 Å². The summed E-state index contributed by atoms with van der Waals surface area (Å²) in [6.07, 6.45) is 6.91. The predicted molar refractivity (Wildman–Crippen MR) is 123 cm³/mol. The SMILES string of the molecule is C/C=C(\C)CN1CCC(c2nnc(SCc3ccc(F)cc3)n2C[C@H]2CCCO2)CC1. The minimum absolute atomic E-state index is 0.200. The second kappa shape index (κ2) is 10.7. The maximum atomic E-state index is 13.2. The maximum Gasteiger partial charge on any atom is 0.191 e. The zero-order valence-electron chi connectivity index (χ0n) is 18.6. The van der Waals surface area contributed by atoms with Crippen LogP contribution in [-0.2, 0) is 17.0 Å². The average Bonchev–Trinajstić information content (AvgIpc) is 3.44. The van der Waals surface area contributed by atoms with E-state index in [-0.39, 0.29) is 11.9 Å². The fourth-order valence-corrected chi connectivity index (χ4v) is 5.30. The Morgan fingerprint density at radius 1 is 1.19 bits per heavy atom. The molecule has 7 heteroatoms. The lowest BCUT2D eigenvalue weighted by Gasteiger charge is -2.32. The number of halogens is 1. The van der Waals surface area contributed by atoms with Crippen LogP contribution in [0.3, 0.4) is 0 Å². The Bertz CT molecular complexity index is 868. The van der Waals surface area contributed by atoms with Gasteiger partial charge in [0.05, 0.1) is 12.6 Å².